The fraction of sp³-hybridized carbons (Fsp3) is 0. The molecule has 6 nitrogen and oxygen atoms in total. The number of benzene rings is 2. The lowest BCUT2D eigenvalue weighted by Gasteiger charge is -2.01. The molecule has 0 bridgehead atoms. The van der Waals surface area contributed by atoms with Gasteiger partial charge in [-0.25, -0.2) is 4.79 Å². The van der Waals surface area contributed by atoms with Gasteiger partial charge in [0.15, 0.2) is 0 Å². The third-order valence-electron chi connectivity index (χ3n) is 2.72. The number of carbonyl (C=O) groups is 1. The Bertz CT molecular complexity index is 790. The Morgan fingerprint density at radius 1 is 1.18 bits per heavy atom. The van der Waals surface area contributed by atoms with Crippen molar-refractivity contribution >= 4 is 46.8 Å². The van der Waals surface area contributed by atoms with Gasteiger partial charge in [-0.05, 0) is 24.3 Å². The standard InChI is InChI=1S/C14H8Cl2N2O4/c15-12-4-2-10(18(21)22)5-8(12)7-17-9-1-3-13(16)11(6-9)14(19)20/h1-7H,(H,19,20). The quantitative estimate of drug-likeness (QED) is 0.509. The van der Waals surface area contributed by atoms with Crippen molar-refractivity contribution in [1.82, 2.24) is 0 Å². The Kier molecular flexibility index (Phi) is 4.75. The number of nitro benzene ring substituents is 1. The van der Waals surface area contributed by atoms with Crippen LogP contribution in [0.2, 0.25) is 10.0 Å². The van der Waals surface area contributed by atoms with E-state index in [1.54, 1.807) is 0 Å². The molecule has 0 radical (unpaired) electrons. The number of carboxylic acid groups (broad SMARTS) is 1. The van der Waals surface area contributed by atoms with E-state index in [0.29, 0.717) is 16.3 Å². The highest BCUT2D eigenvalue weighted by molar-refractivity contribution is 6.34. The maximum Gasteiger partial charge on any atom is 0.337 e. The van der Waals surface area contributed by atoms with Crippen LogP contribution in [0.15, 0.2) is 41.4 Å². The van der Waals surface area contributed by atoms with E-state index < -0.39 is 10.9 Å². The van der Waals surface area contributed by atoms with E-state index in [4.69, 9.17) is 28.3 Å². The van der Waals surface area contributed by atoms with Gasteiger partial charge in [-0.1, -0.05) is 23.2 Å². The highest BCUT2D eigenvalue weighted by Gasteiger charge is 2.10. The molecular weight excluding hydrogens is 331 g/mol. The van der Waals surface area contributed by atoms with Crippen LogP contribution in [-0.4, -0.2) is 22.2 Å². The Hall–Kier alpha value is -2.44. The average molecular weight is 339 g/mol. The van der Waals surface area contributed by atoms with Crippen molar-refractivity contribution in [1.29, 1.82) is 0 Å². The topological polar surface area (TPSA) is 92.8 Å². The molecule has 112 valence electrons. The number of halogens is 2. The first-order chi connectivity index (χ1) is 10.4. The molecule has 0 unspecified atom stereocenters. The van der Waals surface area contributed by atoms with E-state index in [9.17, 15) is 14.9 Å². The summed E-state index contributed by atoms with van der Waals surface area (Å²) in [7, 11) is 0. The van der Waals surface area contributed by atoms with Gasteiger partial charge in [-0.3, -0.25) is 15.1 Å². The van der Waals surface area contributed by atoms with Crippen molar-refractivity contribution < 1.29 is 14.8 Å². The summed E-state index contributed by atoms with van der Waals surface area (Å²) < 4.78 is 0. The van der Waals surface area contributed by atoms with Crippen LogP contribution >= 0.6 is 23.2 Å². The SMILES string of the molecule is O=C(O)c1cc(N=Cc2cc([N+](=O)[O-])ccc2Cl)ccc1Cl. The molecule has 0 aliphatic rings. The van der Waals surface area contributed by atoms with Gasteiger partial charge in [0.2, 0.25) is 0 Å². The maximum atomic E-state index is 11.0. The highest BCUT2D eigenvalue weighted by atomic mass is 35.5. The van der Waals surface area contributed by atoms with Crippen molar-refractivity contribution in [3.63, 3.8) is 0 Å². The summed E-state index contributed by atoms with van der Waals surface area (Å²) in [5, 5.41) is 20.1. The Morgan fingerprint density at radius 3 is 2.50 bits per heavy atom. The second kappa shape index (κ2) is 6.55. The van der Waals surface area contributed by atoms with Gasteiger partial charge in [-0.2, -0.15) is 0 Å². The summed E-state index contributed by atoms with van der Waals surface area (Å²) in [4.78, 5) is 25.2. The van der Waals surface area contributed by atoms with Crippen molar-refractivity contribution in [2.24, 2.45) is 4.99 Å². The fourth-order valence-electron chi connectivity index (χ4n) is 1.65. The van der Waals surface area contributed by atoms with E-state index in [1.165, 1.54) is 42.6 Å². The van der Waals surface area contributed by atoms with Crippen molar-refractivity contribution in [3.05, 3.63) is 67.7 Å². The molecule has 0 spiro atoms. The van der Waals surface area contributed by atoms with E-state index >= 15 is 0 Å². The first-order valence-corrected chi connectivity index (χ1v) is 6.65. The van der Waals surface area contributed by atoms with Gasteiger partial charge in [0.25, 0.3) is 5.69 Å². The third kappa shape index (κ3) is 3.60. The summed E-state index contributed by atoms with van der Waals surface area (Å²) in [5.41, 5.74) is 0.488. The zero-order chi connectivity index (χ0) is 16.3. The van der Waals surface area contributed by atoms with Crippen LogP contribution in [0, 0.1) is 10.1 Å². The minimum Gasteiger partial charge on any atom is -0.478 e. The molecule has 0 aromatic heterocycles. The Balaban J connectivity index is 2.36. The summed E-state index contributed by atoms with van der Waals surface area (Å²) >= 11 is 11.7. The minimum atomic E-state index is -1.17. The van der Waals surface area contributed by atoms with Crippen molar-refractivity contribution in [2.45, 2.75) is 0 Å². The number of nitro groups is 1. The van der Waals surface area contributed by atoms with Crippen LogP contribution in [-0.2, 0) is 0 Å². The average Bonchev–Trinajstić information content (AvgIpc) is 2.47. The molecule has 2 rings (SSSR count). The number of nitrogens with zero attached hydrogens (tertiary/aromatic N) is 2. The molecule has 8 heteroatoms. The molecule has 0 saturated carbocycles. The number of hydrogen-bond donors (Lipinski definition) is 1. The molecule has 0 aliphatic heterocycles. The van der Waals surface area contributed by atoms with Gasteiger partial charge in [0, 0.05) is 28.9 Å². The van der Waals surface area contributed by atoms with Gasteiger partial charge >= 0.3 is 5.97 Å². The van der Waals surface area contributed by atoms with Crippen LogP contribution in [0.4, 0.5) is 11.4 Å². The number of carboxylic acids is 1. The largest absolute Gasteiger partial charge is 0.478 e. The van der Waals surface area contributed by atoms with E-state index in [1.807, 2.05) is 0 Å². The van der Waals surface area contributed by atoms with Gasteiger partial charge < -0.3 is 5.11 Å². The molecular formula is C14H8Cl2N2O4. The van der Waals surface area contributed by atoms with Crippen LogP contribution in [0.25, 0.3) is 0 Å². The fourth-order valence-corrected chi connectivity index (χ4v) is 2.01. The molecule has 0 atom stereocenters. The normalized spacial score (nSPS) is 10.8. The van der Waals surface area contributed by atoms with Gasteiger partial charge in [-0.15, -0.1) is 0 Å². The lowest BCUT2D eigenvalue weighted by atomic mass is 10.2. The molecule has 0 saturated heterocycles. The molecule has 0 fully saturated rings. The second-order valence-corrected chi connectivity index (χ2v) is 5.00. The van der Waals surface area contributed by atoms with Gasteiger partial charge in [0.05, 0.1) is 21.2 Å². The van der Waals surface area contributed by atoms with Crippen LogP contribution in [0.1, 0.15) is 15.9 Å². The molecule has 2 aromatic carbocycles. The van der Waals surface area contributed by atoms with Crippen LogP contribution in [0.5, 0.6) is 0 Å². The van der Waals surface area contributed by atoms with E-state index in [-0.39, 0.29) is 16.3 Å². The smallest absolute Gasteiger partial charge is 0.337 e. The molecule has 0 aliphatic carbocycles. The second-order valence-electron chi connectivity index (χ2n) is 4.19. The molecule has 2 aromatic rings. The van der Waals surface area contributed by atoms with Gasteiger partial charge in [0.1, 0.15) is 0 Å². The summed E-state index contributed by atoms with van der Waals surface area (Å²) in [6, 6.07) is 8.19. The molecule has 22 heavy (non-hydrogen) atoms. The maximum absolute atomic E-state index is 11.0. The highest BCUT2D eigenvalue weighted by Crippen LogP contribution is 2.24. The molecule has 0 amide bonds. The van der Waals surface area contributed by atoms with E-state index in [0.717, 1.165) is 0 Å². The predicted octanol–water partition coefficient (Wildman–Crippen LogP) is 4.35. The predicted molar refractivity (Wildman–Crippen MR) is 83.8 cm³/mol. The summed E-state index contributed by atoms with van der Waals surface area (Å²) in [6.07, 6.45) is 1.32. The van der Waals surface area contributed by atoms with Crippen LogP contribution in [0.3, 0.4) is 0 Å². The number of hydrogen-bond acceptors (Lipinski definition) is 4. The first kappa shape index (κ1) is 15.9. The summed E-state index contributed by atoms with van der Waals surface area (Å²) in [5.74, 6) is -1.17. The van der Waals surface area contributed by atoms with Crippen molar-refractivity contribution in [3.8, 4) is 0 Å². The molecule has 0 heterocycles. The number of rotatable bonds is 4. The first-order valence-electron chi connectivity index (χ1n) is 5.89. The number of aromatic carboxylic acids is 1. The summed E-state index contributed by atoms with van der Waals surface area (Å²) in [6.45, 7) is 0. The molecule has 1 N–H and O–H groups in total. The van der Waals surface area contributed by atoms with Crippen LogP contribution < -0.4 is 0 Å². The van der Waals surface area contributed by atoms with Crippen molar-refractivity contribution in [2.75, 3.05) is 0 Å². The Labute approximate surface area is 134 Å². The minimum absolute atomic E-state index is 0.0820. The van der Waals surface area contributed by atoms with E-state index in [2.05, 4.69) is 4.99 Å². The zero-order valence-corrected chi connectivity index (χ0v) is 12.4. The number of non-ortho nitro benzene ring substituents is 1. The Morgan fingerprint density at radius 2 is 1.86 bits per heavy atom. The third-order valence-corrected chi connectivity index (χ3v) is 3.40. The number of aliphatic imine (C=N–C) groups is 1. The lowest BCUT2D eigenvalue weighted by molar-refractivity contribution is -0.384. The monoisotopic (exact) mass is 338 g/mol. The lowest BCUT2D eigenvalue weighted by Crippen LogP contribution is -1.96. The zero-order valence-electron chi connectivity index (χ0n) is 10.9.